The Morgan fingerprint density at radius 2 is 2.15 bits per heavy atom. The zero-order chi connectivity index (χ0) is 9.26. The maximum Gasteiger partial charge on any atom is 0.0379 e. The molecular formula is C11H11NS. The van der Waals surface area contributed by atoms with E-state index < -0.39 is 0 Å². The molecule has 0 saturated carbocycles. The van der Waals surface area contributed by atoms with Crippen LogP contribution in [0.15, 0.2) is 35.4 Å². The first-order chi connectivity index (χ1) is 6.31. The average Bonchev–Trinajstić information content (AvgIpc) is 2.17. The molecule has 0 spiro atoms. The highest BCUT2D eigenvalue weighted by Gasteiger charge is 1.99. The highest BCUT2D eigenvalue weighted by Crippen LogP contribution is 2.25. The van der Waals surface area contributed by atoms with Gasteiger partial charge < -0.3 is 0 Å². The van der Waals surface area contributed by atoms with Crippen molar-refractivity contribution in [2.45, 2.75) is 11.8 Å². The molecule has 0 unspecified atom stereocenters. The van der Waals surface area contributed by atoms with Gasteiger partial charge in [0.2, 0.25) is 0 Å². The van der Waals surface area contributed by atoms with Crippen LogP contribution in [0.1, 0.15) is 5.69 Å². The third kappa shape index (κ3) is 1.54. The lowest BCUT2D eigenvalue weighted by atomic mass is 10.1. The van der Waals surface area contributed by atoms with Crippen LogP contribution in [0.4, 0.5) is 0 Å². The van der Waals surface area contributed by atoms with E-state index in [1.165, 1.54) is 15.7 Å². The van der Waals surface area contributed by atoms with Crippen molar-refractivity contribution in [3.8, 4) is 0 Å². The third-order valence-corrected chi connectivity index (χ3v) is 2.88. The summed E-state index contributed by atoms with van der Waals surface area (Å²) >= 11 is 1.78. The Kier molecular flexibility index (Phi) is 2.23. The molecule has 0 saturated heterocycles. The summed E-state index contributed by atoms with van der Waals surface area (Å²) in [5, 5.41) is 2.53. The van der Waals surface area contributed by atoms with Gasteiger partial charge >= 0.3 is 0 Å². The highest BCUT2D eigenvalue weighted by atomic mass is 32.2. The van der Waals surface area contributed by atoms with Crippen LogP contribution < -0.4 is 0 Å². The third-order valence-electron chi connectivity index (χ3n) is 2.08. The second-order valence-electron chi connectivity index (χ2n) is 3.01. The molecule has 13 heavy (non-hydrogen) atoms. The highest BCUT2D eigenvalue weighted by molar-refractivity contribution is 7.98. The summed E-state index contributed by atoms with van der Waals surface area (Å²) in [5.74, 6) is 0. The Balaban J connectivity index is 2.79. The number of hydrogen-bond donors (Lipinski definition) is 0. The molecule has 1 heterocycles. The van der Waals surface area contributed by atoms with E-state index in [0.29, 0.717) is 0 Å². The SMILES string of the molecule is CSc1cccc2cnc(C)cc12. The first kappa shape index (κ1) is 8.57. The van der Waals surface area contributed by atoms with Crippen LogP contribution >= 0.6 is 11.8 Å². The molecule has 0 aliphatic carbocycles. The topological polar surface area (TPSA) is 12.9 Å². The Labute approximate surface area is 82.2 Å². The summed E-state index contributed by atoms with van der Waals surface area (Å²) in [6, 6.07) is 8.46. The van der Waals surface area contributed by atoms with E-state index in [9.17, 15) is 0 Å². The van der Waals surface area contributed by atoms with Crippen LogP contribution in [0, 0.1) is 6.92 Å². The molecular weight excluding hydrogens is 178 g/mol. The summed E-state index contributed by atoms with van der Waals surface area (Å²) in [6.45, 7) is 2.02. The Morgan fingerprint density at radius 1 is 1.31 bits per heavy atom. The molecule has 1 aromatic carbocycles. The van der Waals surface area contributed by atoms with Crippen LogP contribution in [0.5, 0.6) is 0 Å². The smallest absolute Gasteiger partial charge is 0.0379 e. The van der Waals surface area contributed by atoms with Gasteiger partial charge in [-0.15, -0.1) is 11.8 Å². The zero-order valence-corrected chi connectivity index (χ0v) is 8.56. The van der Waals surface area contributed by atoms with E-state index >= 15 is 0 Å². The number of aryl methyl sites for hydroxylation is 1. The summed E-state index contributed by atoms with van der Waals surface area (Å²) in [7, 11) is 0. The predicted octanol–water partition coefficient (Wildman–Crippen LogP) is 3.27. The lowest BCUT2D eigenvalue weighted by Gasteiger charge is -2.03. The van der Waals surface area contributed by atoms with Gasteiger partial charge in [-0.05, 0) is 30.7 Å². The largest absolute Gasteiger partial charge is 0.261 e. The molecule has 2 rings (SSSR count). The number of fused-ring (bicyclic) bond motifs is 1. The maximum atomic E-state index is 4.27. The fraction of sp³-hybridized carbons (Fsp3) is 0.182. The van der Waals surface area contributed by atoms with Gasteiger partial charge in [0.1, 0.15) is 0 Å². The summed E-state index contributed by atoms with van der Waals surface area (Å²) in [6.07, 6.45) is 4.04. The van der Waals surface area contributed by atoms with Crippen molar-refractivity contribution in [1.29, 1.82) is 0 Å². The van der Waals surface area contributed by atoms with Crippen LogP contribution in [0.3, 0.4) is 0 Å². The molecule has 0 N–H and O–H groups in total. The molecule has 1 nitrogen and oxygen atoms in total. The second-order valence-corrected chi connectivity index (χ2v) is 3.86. The van der Waals surface area contributed by atoms with Crippen molar-refractivity contribution in [3.63, 3.8) is 0 Å². The number of aromatic nitrogens is 1. The van der Waals surface area contributed by atoms with Crippen molar-refractivity contribution in [1.82, 2.24) is 4.98 Å². The molecule has 2 aromatic rings. The lowest BCUT2D eigenvalue weighted by molar-refractivity contribution is 1.22. The van der Waals surface area contributed by atoms with Crippen molar-refractivity contribution < 1.29 is 0 Å². The van der Waals surface area contributed by atoms with E-state index in [-0.39, 0.29) is 0 Å². The minimum absolute atomic E-state index is 1.08. The maximum absolute atomic E-state index is 4.27. The summed E-state index contributed by atoms with van der Waals surface area (Å²) in [4.78, 5) is 5.60. The Hall–Kier alpha value is -1.02. The van der Waals surface area contributed by atoms with Crippen molar-refractivity contribution >= 4 is 22.5 Å². The molecule has 0 bridgehead atoms. The molecule has 0 atom stereocenters. The van der Waals surface area contributed by atoms with Gasteiger partial charge in [-0.25, -0.2) is 0 Å². The predicted molar refractivity (Wildman–Crippen MR) is 58.3 cm³/mol. The van der Waals surface area contributed by atoms with Crippen LogP contribution in [-0.4, -0.2) is 11.2 Å². The monoisotopic (exact) mass is 189 g/mol. The van der Waals surface area contributed by atoms with E-state index in [2.05, 4.69) is 35.5 Å². The first-order valence-corrected chi connectivity index (χ1v) is 5.43. The number of hydrogen-bond acceptors (Lipinski definition) is 2. The number of rotatable bonds is 1. The van der Waals surface area contributed by atoms with Crippen molar-refractivity contribution in [2.75, 3.05) is 6.26 Å². The molecule has 0 radical (unpaired) electrons. The molecule has 0 aliphatic rings. The Bertz CT molecular complexity index is 437. The molecule has 2 heteroatoms. The number of nitrogens with zero attached hydrogens (tertiary/aromatic N) is 1. The van der Waals surface area contributed by atoms with Crippen molar-refractivity contribution in [3.05, 3.63) is 36.2 Å². The van der Waals surface area contributed by atoms with E-state index in [1.807, 2.05) is 13.1 Å². The van der Waals surface area contributed by atoms with E-state index in [4.69, 9.17) is 0 Å². The quantitative estimate of drug-likeness (QED) is 0.639. The molecule has 1 aromatic heterocycles. The lowest BCUT2D eigenvalue weighted by Crippen LogP contribution is -1.82. The zero-order valence-electron chi connectivity index (χ0n) is 7.74. The average molecular weight is 189 g/mol. The van der Waals surface area contributed by atoms with Gasteiger partial charge in [0.05, 0.1) is 0 Å². The van der Waals surface area contributed by atoms with E-state index in [1.54, 1.807) is 11.8 Å². The Morgan fingerprint density at radius 3 is 2.92 bits per heavy atom. The summed E-state index contributed by atoms with van der Waals surface area (Å²) in [5.41, 5.74) is 1.08. The summed E-state index contributed by atoms with van der Waals surface area (Å²) < 4.78 is 0. The van der Waals surface area contributed by atoms with Gasteiger partial charge in [-0.1, -0.05) is 12.1 Å². The van der Waals surface area contributed by atoms with Crippen LogP contribution in [0.25, 0.3) is 10.8 Å². The number of pyridine rings is 1. The van der Waals surface area contributed by atoms with E-state index in [0.717, 1.165) is 5.69 Å². The van der Waals surface area contributed by atoms with Crippen LogP contribution in [-0.2, 0) is 0 Å². The molecule has 0 fully saturated rings. The van der Waals surface area contributed by atoms with Gasteiger partial charge in [0.15, 0.2) is 0 Å². The number of benzene rings is 1. The molecule has 0 amide bonds. The standard InChI is InChI=1S/C11H11NS/c1-8-6-10-9(7-12-8)4-3-5-11(10)13-2/h3-7H,1-2H3. The normalized spacial score (nSPS) is 10.6. The fourth-order valence-electron chi connectivity index (χ4n) is 1.42. The minimum Gasteiger partial charge on any atom is -0.261 e. The van der Waals surface area contributed by atoms with Crippen molar-refractivity contribution in [2.24, 2.45) is 0 Å². The van der Waals surface area contributed by atoms with Gasteiger partial charge in [0, 0.05) is 22.2 Å². The second kappa shape index (κ2) is 3.38. The fourth-order valence-corrected chi connectivity index (χ4v) is 2.03. The molecule has 66 valence electrons. The first-order valence-electron chi connectivity index (χ1n) is 4.20. The van der Waals surface area contributed by atoms with Gasteiger partial charge in [-0.3, -0.25) is 4.98 Å². The van der Waals surface area contributed by atoms with Crippen LogP contribution in [0.2, 0.25) is 0 Å². The van der Waals surface area contributed by atoms with Gasteiger partial charge in [-0.2, -0.15) is 0 Å². The minimum atomic E-state index is 1.08. The molecule has 0 aliphatic heterocycles. The van der Waals surface area contributed by atoms with Gasteiger partial charge in [0.25, 0.3) is 0 Å². The number of thioether (sulfide) groups is 1.